The van der Waals surface area contributed by atoms with Gasteiger partial charge >= 0.3 is 0 Å². The van der Waals surface area contributed by atoms with Gasteiger partial charge in [0.05, 0.1) is 6.61 Å². The van der Waals surface area contributed by atoms with E-state index < -0.39 is 7.37 Å². The summed E-state index contributed by atoms with van der Waals surface area (Å²) >= 11 is 0. The Bertz CT molecular complexity index is 206. The Balaban J connectivity index is 3.85. The van der Waals surface area contributed by atoms with Crippen LogP contribution in [0.3, 0.4) is 0 Å². The van der Waals surface area contributed by atoms with Crippen molar-refractivity contribution in [2.75, 3.05) is 26.0 Å². The molecule has 0 rings (SSSR count). The third-order valence-electron chi connectivity index (χ3n) is 2.85. The van der Waals surface area contributed by atoms with E-state index in [9.17, 15) is 4.57 Å². The third-order valence-corrected chi connectivity index (χ3v) is 4.67. The molecule has 0 bridgehead atoms. The molecule has 0 aromatic rings. The summed E-state index contributed by atoms with van der Waals surface area (Å²) in [6, 6.07) is 0. The van der Waals surface area contributed by atoms with Crippen molar-refractivity contribution in [3.63, 3.8) is 0 Å². The summed E-state index contributed by atoms with van der Waals surface area (Å²) in [6.07, 6.45) is 5.72. The smallest absolute Gasteiger partial charge is 0.200 e. The highest BCUT2D eigenvalue weighted by Gasteiger charge is 2.17. The molecule has 1 N–H and O–H groups in total. The van der Waals surface area contributed by atoms with Crippen molar-refractivity contribution in [3.8, 4) is 0 Å². The van der Waals surface area contributed by atoms with E-state index in [-0.39, 0.29) is 6.61 Å². The molecule has 2 atom stereocenters. The van der Waals surface area contributed by atoms with Crippen LogP contribution < -0.4 is 0 Å². The molecule has 0 heterocycles. The molecule has 0 spiro atoms. The van der Waals surface area contributed by atoms with Crippen molar-refractivity contribution in [3.05, 3.63) is 0 Å². The van der Waals surface area contributed by atoms with Gasteiger partial charge in [0.1, 0.15) is 0 Å². The summed E-state index contributed by atoms with van der Waals surface area (Å²) in [4.78, 5) is 0. The lowest BCUT2D eigenvalue weighted by Gasteiger charge is -2.19. The van der Waals surface area contributed by atoms with Crippen molar-refractivity contribution in [2.24, 2.45) is 5.92 Å². The molecule has 0 saturated carbocycles. The van der Waals surface area contributed by atoms with Crippen LogP contribution in [0, 0.1) is 5.92 Å². The zero-order chi connectivity index (χ0) is 12.4. The van der Waals surface area contributed by atoms with E-state index in [0.717, 1.165) is 12.8 Å². The Morgan fingerprint density at radius 2 is 2.00 bits per heavy atom. The lowest BCUT2D eigenvalue weighted by atomic mass is 10.0. The first kappa shape index (κ1) is 16.1. The van der Waals surface area contributed by atoms with E-state index in [2.05, 4.69) is 13.8 Å². The summed E-state index contributed by atoms with van der Waals surface area (Å²) in [5.41, 5.74) is 0. The Kier molecular flexibility index (Phi) is 9.29. The summed E-state index contributed by atoms with van der Waals surface area (Å²) in [7, 11) is -2.47. The van der Waals surface area contributed by atoms with Crippen molar-refractivity contribution in [1.29, 1.82) is 0 Å². The van der Waals surface area contributed by atoms with Gasteiger partial charge in [0.15, 0.2) is 7.37 Å². The molecule has 0 amide bonds. The van der Waals surface area contributed by atoms with Gasteiger partial charge in [-0.15, -0.1) is 0 Å². The Labute approximate surface area is 100 Å². The summed E-state index contributed by atoms with van der Waals surface area (Å²) in [6.45, 7) is 6.71. The minimum atomic E-state index is -2.47. The highest BCUT2D eigenvalue weighted by molar-refractivity contribution is 7.58. The highest BCUT2D eigenvalue weighted by atomic mass is 31.2. The highest BCUT2D eigenvalue weighted by Crippen LogP contribution is 2.43. The van der Waals surface area contributed by atoms with Crippen LogP contribution >= 0.6 is 7.37 Å². The van der Waals surface area contributed by atoms with E-state index in [1.54, 1.807) is 6.66 Å². The molecule has 16 heavy (non-hydrogen) atoms. The van der Waals surface area contributed by atoms with E-state index in [0.29, 0.717) is 25.1 Å². The molecule has 0 aromatic carbocycles. The maximum atomic E-state index is 11.9. The van der Waals surface area contributed by atoms with Crippen molar-refractivity contribution >= 4 is 7.37 Å². The van der Waals surface area contributed by atoms with Crippen LogP contribution in [0.15, 0.2) is 0 Å². The first-order valence-corrected chi connectivity index (χ1v) is 8.63. The molecule has 0 fully saturated rings. The topological polar surface area (TPSA) is 46.5 Å². The fourth-order valence-corrected chi connectivity index (χ4v) is 2.95. The quantitative estimate of drug-likeness (QED) is 0.603. The first-order valence-electron chi connectivity index (χ1n) is 6.37. The molecule has 0 aliphatic heterocycles. The summed E-state index contributed by atoms with van der Waals surface area (Å²) in [5.74, 6) is 0.530. The monoisotopic (exact) mass is 250 g/mol. The molecule has 0 radical (unpaired) electrons. The lowest BCUT2D eigenvalue weighted by Crippen LogP contribution is -2.09. The Morgan fingerprint density at radius 3 is 2.50 bits per heavy atom. The van der Waals surface area contributed by atoms with Crippen LogP contribution in [0.5, 0.6) is 0 Å². The minimum Gasteiger partial charge on any atom is -0.396 e. The van der Waals surface area contributed by atoms with Gasteiger partial charge in [0.2, 0.25) is 0 Å². The Morgan fingerprint density at radius 1 is 1.31 bits per heavy atom. The van der Waals surface area contributed by atoms with Crippen molar-refractivity contribution in [1.82, 2.24) is 0 Å². The zero-order valence-corrected chi connectivity index (χ0v) is 11.8. The van der Waals surface area contributed by atoms with Crippen LogP contribution in [-0.2, 0) is 9.09 Å². The molecule has 0 saturated heterocycles. The number of rotatable bonds is 10. The first-order chi connectivity index (χ1) is 7.55. The molecule has 0 aromatic heterocycles. The number of hydrogen-bond donors (Lipinski definition) is 1. The molecular formula is C12H27O3P. The fourth-order valence-electron chi connectivity index (χ4n) is 1.58. The zero-order valence-electron chi connectivity index (χ0n) is 10.9. The molecule has 0 aliphatic carbocycles. The van der Waals surface area contributed by atoms with Crippen LogP contribution in [0.4, 0.5) is 0 Å². The minimum absolute atomic E-state index is 0.0915. The largest absolute Gasteiger partial charge is 0.396 e. The maximum absolute atomic E-state index is 11.9. The summed E-state index contributed by atoms with van der Waals surface area (Å²) < 4.78 is 17.5. The molecule has 0 aliphatic rings. The number of unbranched alkanes of at least 4 members (excludes halogenated alkanes) is 1. The van der Waals surface area contributed by atoms with Gasteiger partial charge in [-0.05, 0) is 18.8 Å². The normalized spacial score (nSPS) is 17.0. The van der Waals surface area contributed by atoms with E-state index >= 15 is 0 Å². The van der Waals surface area contributed by atoms with Crippen molar-refractivity contribution < 1.29 is 14.2 Å². The number of aliphatic hydroxyl groups excluding tert-OH is 1. The molecule has 4 heteroatoms. The fraction of sp³-hybridized carbons (Fsp3) is 1.00. The predicted molar refractivity (Wildman–Crippen MR) is 69.4 cm³/mol. The van der Waals surface area contributed by atoms with Gasteiger partial charge in [0.25, 0.3) is 0 Å². The van der Waals surface area contributed by atoms with Crippen molar-refractivity contribution in [2.45, 2.75) is 46.0 Å². The molecule has 3 nitrogen and oxygen atoms in total. The van der Waals surface area contributed by atoms with Gasteiger partial charge in [-0.25, -0.2) is 0 Å². The Hall–Kier alpha value is 0.150. The summed E-state index contributed by atoms with van der Waals surface area (Å²) in [5, 5.41) is 8.69. The average Bonchev–Trinajstić information content (AvgIpc) is 2.27. The van der Waals surface area contributed by atoms with E-state index in [1.807, 2.05) is 0 Å². The van der Waals surface area contributed by atoms with Crippen LogP contribution in [0.2, 0.25) is 0 Å². The maximum Gasteiger partial charge on any atom is 0.200 e. The van der Waals surface area contributed by atoms with Gasteiger partial charge in [0, 0.05) is 19.4 Å². The predicted octanol–water partition coefficient (Wildman–Crippen LogP) is 3.51. The standard InChI is InChI=1S/C12H27O3P/c1-4-6-8-12(5-2)11-15-16(3,14)10-7-9-13/h12-13H,4-11H2,1-3H3. The van der Waals surface area contributed by atoms with Crippen LogP contribution in [-0.4, -0.2) is 31.1 Å². The van der Waals surface area contributed by atoms with Gasteiger partial charge in [-0.2, -0.15) is 0 Å². The molecular weight excluding hydrogens is 223 g/mol. The second-order valence-corrected chi connectivity index (χ2v) is 7.26. The van der Waals surface area contributed by atoms with Crippen LogP contribution in [0.1, 0.15) is 46.0 Å². The molecule has 2 unspecified atom stereocenters. The van der Waals surface area contributed by atoms with Crippen LogP contribution in [0.25, 0.3) is 0 Å². The molecule has 98 valence electrons. The van der Waals surface area contributed by atoms with Gasteiger partial charge in [-0.3, -0.25) is 4.57 Å². The van der Waals surface area contributed by atoms with Gasteiger partial charge in [-0.1, -0.05) is 33.1 Å². The second kappa shape index (κ2) is 9.21. The van der Waals surface area contributed by atoms with E-state index in [1.165, 1.54) is 12.8 Å². The number of aliphatic hydroxyl groups is 1. The third kappa shape index (κ3) is 8.32. The second-order valence-electron chi connectivity index (χ2n) is 4.53. The SMILES string of the molecule is CCCCC(CC)COP(C)(=O)CCCO. The lowest BCUT2D eigenvalue weighted by molar-refractivity contribution is 0.233. The van der Waals surface area contributed by atoms with Gasteiger partial charge < -0.3 is 9.63 Å². The number of hydrogen-bond acceptors (Lipinski definition) is 3. The average molecular weight is 250 g/mol. The van der Waals surface area contributed by atoms with E-state index in [4.69, 9.17) is 9.63 Å².